The second kappa shape index (κ2) is 4.44. The van der Waals surface area contributed by atoms with Crippen molar-refractivity contribution in [2.24, 2.45) is 5.73 Å². The number of halogens is 1. The van der Waals surface area contributed by atoms with Gasteiger partial charge in [-0.05, 0) is 31.5 Å². The van der Waals surface area contributed by atoms with Gasteiger partial charge in [-0.15, -0.1) is 0 Å². The van der Waals surface area contributed by atoms with Crippen LogP contribution >= 0.6 is 23.8 Å². The van der Waals surface area contributed by atoms with Crippen LogP contribution in [0.15, 0.2) is 18.2 Å². The van der Waals surface area contributed by atoms with E-state index in [1.54, 1.807) is 0 Å². The molecule has 92 valence electrons. The third-order valence-corrected chi connectivity index (χ3v) is 3.57. The molecule has 3 nitrogen and oxygen atoms in total. The molecule has 1 aliphatic rings. The van der Waals surface area contributed by atoms with Gasteiger partial charge >= 0.3 is 0 Å². The van der Waals surface area contributed by atoms with E-state index in [0.717, 1.165) is 18.7 Å². The molecule has 5 heteroatoms. The molecule has 1 atom stereocenters. The summed E-state index contributed by atoms with van der Waals surface area (Å²) < 4.78 is 0. The summed E-state index contributed by atoms with van der Waals surface area (Å²) in [5.41, 5.74) is 6.62. The standard InChI is InChI=1S/C12H15ClN2OS/c1-12(16)4-5-15(7-12)8-2-3-9(11(14)17)10(13)6-8/h2-3,6,16H,4-5,7H2,1H3,(H2,14,17). The molecule has 17 heavy (non-hydrogen) atoms. The van der Waals surface area contributed by atoms with E-state index in [4.69, 9.17) is 29.6 Å². The SMILES string of the molecule is CC1(O)CCN(c2ccc(C(N)=S)c(Cl)c2)C1. The maximum atomic E-state index is 9.92. The average molecular weight is 271 g/mol. The number of nitrogens with zero attached hydrogens (tertiary/aromatic N) is 1. The van der Waals surface area contributed by atoms with Crippen LogP contribution in [0.4, 0.5) is 5.69 Å². The Morgan fingerprint density at radius 1 is 1.59 bits per heavy atom. The van der Waals surface area contributed by atoms with Crippen molar-refractivity contribution in [1.82, 2.24) is 0 Å². The van der Waals surface area contributed by atoms with Crippen LogP contribution in [0.3, 0.4) is 0 Å². The first kappa shape index (κ1) is 12.6. The molecular weight excluding hydrogens is 256 g/mol. The fraction of sp³-hybridized carbons (Fsp3) is 0.417. The van der Waals surface area contributed by atoms with E-state index in [-0.39, 0.29) is 0 Å². The molecule has 1 fully saturated rings. The van der Waals surface area contributed by atoms with Crippen molar-refractivity contribution < 1.29 is 5.11 Å². The molecule has 1 aromatic rings. The molecule has 1 heterocycles. The summed E-state index contributed by atoms with van der Waals surface area (Å²) in [5.74, 6) is 0. The molecule has 0 radical (unpaired) electrons. The van der Waals surface area contributed by atoms with Crippen molar-refractivity contribution in [3.05, 3.63) is 28.8 Å². The Morgan fingerprint density at radius 2 is 2.29 bits per heavy atom. The lowest BCUT2D eigenvalue weighted by Crippen LogP contribution is -2.29. The number of hydrogen-bond donors (Lipinski definition) is 2. The Labute approximate surface area is 111 Å². The summed E-state index contributed by atoms with van der Waals surface area (Å²) in [5, 5.41) is 10.5. The monoisotopic (exact) mass is 270 g/mol. The summed E-state index contributed by atoms with van der Waals surface area (Å²) in [6.45, 7) is 3.30. The van der Waals surface area contributed by atoms with Crippen molar-refractivity contribution in [2.45, 2.75) is 18.9 Å². The van der Waals surface area contributed by atoms with Crippen LogP contribution in [0.2, 0.25) is 5.02 Å². The lowest BCUT2D eigenvalue weighted by Gasteiger charge is -2.21. The van der Waals surface area contributed by atoms with Gasteiger partial charge in [0.2, 0.25) is 0 Å². The van der Waals surface area contributed by atoms with Gasteiger partial charge < -0.3 is 15.7 Å². The predicted octanol–water partition coefficient (Wildman–Crippen LogP) is 1.94. The molecule has 1 unspecified atom stereocenters. The van der Waals surface area contributed by atoms with Crippen LogP contribution in [-0.2, 0) is 0 Å². The highest BCUT2D eigenvalue weighted by Crippen LogP contribution is 2.29. The van der Waals surface area contributed by atoms with Crippen LogP contribution in [-0.4, -0.2) is 28.8 Å². The highest BCUT2D eigenvalue weighted by Gasteiger charge is 2.31. The van der Waals surface area contributed by atoms with Crippen LogP contribution in [0.25, 0.3) is 0 Å². The second-order valence-electron chi connectivity index (χ2n) is 4.70. The number of thiocarbonyl (C=S) groups is 1. The Kier molecular flexibility index (Phi) is 3.30. The molecule has 0 spiro atoms. The maximum absolute atomic E-state index is 9.92. The smallest absolute Gasteiger partial charge is 0.105 e. The van der Waals surface area contributed by atoms with Gasteiger partial charge in [0, 0.05) is 24.3 Å². The number of benzene rings is 1. The molecule has 1 saturated heterocycles. The Hall–Kier alpha value is -0.840. The summed E-state index contributed by atoms with van der Waals surface area (Å²) in [6, 6.07) is 5.60. The third kappa shape index (κ3) is 2.70. The minimum absolute atomic E-state index is 0.301. The lowest BCUT2D eigenvalue weighted by atomic mass is 10.1. The first-order chi connectivity index (χ1) is 7.89. The molecule has 2 rings (SSSR count). The number of β-amino-alcohol motifs (C(OH)–C–C–N with tert-alkyl or cyclic N) is 1. The van der Waals surface area contributed by atoms with E-state index in [9.17, 15) is 5.11 Å². The topological polar surface area (TPSA) is 49.5 Å². The normalized spacial score (nSPS) is 24.1. The van der Waals surface area contributed by atoms with Gasteiger partial charge in [-0.2, -0.15) is 0 Å². The first-order valence-electron chi connectivity index (χ1n) is 5.46. The molecule has 0 bridgehead atoms. The van der Waals surface area contributed by atoms with Gasteiger partial charge in [-0.1, -0.05) is 23.8 Å². The number of hydrogen-bond acceptors (Lipinski definition) is 3. The zero-order chi connectivity index (χ0) is 12.6. The number of anilines is 1. The number of rotatable bonds is 2. The predicted molar refractivity (Wildman–Crippen MR) is 74.8 cm³/mol. The van der Waals surface area contributed by atoms with E-state index in [1.807, 2.05) is 25.1 Å². The van der Waals surface area contributed by atoms with E-state index in [2.05, 4.69) is 4.90 Å². The molecule has 1 aromatic carbocycles. The maximum Gasteiger partial charge on any atom is 0.105 e. The van der Waals surface area contributed by atoms with E-state index in [0.29, 0.717) is 22.1 Å². The van der Waals surface area contributed by atoms with Gasteiger partial charge in [0.05, 0.1) is 10.6 Å². The average Bonchev–Trinajstić information content (AvgIpc) is 2.58. The van der Waals surface area contributed by atoms with Crippen LogP contribution in [0.1, 0.15) is 18.9 Å². The van der Waals surface area contributed by atoms with Crippen LogP contribution < -0.4 is 10.6 Å². The van der Waals surface area contributed by atoms with Crippen LogP contribution in [0, 0.1) is 0 Å². The zero-order valence-electron chi connectivity index (χ0n) is 9.61. The quantitative estimate of drug-likeness (QED) is 0.807. The van der Waals surface area contributed by atoms with Crippen molar-refractivity contribution >= 4 is 34.5 Å². The molecule has 0 aromatic heterocycles. The first-order valence-corrected chi connectivity index (χ1v) is 6.24. The van der Waals surface area contributed by atoms with Crippen molar-refractivity contribution in [3.8, 4) is 0 Å². The van der Waals surface area contributed by atoms with Crippen molar-refractivity contribution in [1.29, 1.82) is 0 Å². The van der Waals surface area contributed by atoms with Crippen LogP contribution in [0.5, 0.6) is 0 Å². The van der Waals surface area contributed by atoms with E-state index >= 15 is 0 Å². The van der Waals surface area contributed by atoms with Gasteiger partial charge in [-0.25, -0.2) is 0 Å². The summed E-state index contributed by atoms with van der Waals surface area (Å²) in [4.78, 5) is 2.41. The number of aliphatic hydroxyl groups is 1. The molecule has 0 saturated carbocycles. The second-order valence-corrected chi connectivity index (χ2v) is 5.54. The Bertz CT molecular complexity index is 462. The van der Waals surface area contributed by atoms with Gasteiger partial charge in [0.15, 0.2) is 0 Å². The Balaban J connectivity index is 2.24. The molecule has 1 aliphatic heterocycles. The highest BCUT2D eigenvalue weighted by molar-refractivity contribution is 7.80. The van der Waals surface area contributed by atoms with Gasteiger partial charge in [0.25, 0.3) is 0 Å². The fourth-order valence-electron chi connectivity index (χ4n) is 2.07. The van der Waals surface area contributed by atoms with Gasteiger partial charge in [0.1, 0.15) is 4.99 Å². The highest BCUT2D eigenvalue weighted by atomic mass is 35.5. The molecule has 0 aliphatic carbocycles. The van der Waals surface area contributed by atoms with Gasteiger partial charge in [-0.3, -0.25) is 0 Å². The van der Waals surface area contributed by atoms with Crippen molar-refractivity contribution in [3.63, 3.8) is 0 Å². The zero-order valence-corrected chi connectivity index (χ0v) is 11.2. The number of nitrogens with two attached hydrogens (primary N) is 1. The largest absolute Gasteiger partial charge is 0.389 e. The van der Waals surface area contributed by atoms with E-state index < -0.39 is 5.60 Å². The summed E-state index contributed by atoms with van der Waals surface area (Å²) in [6.07, 6.45) is 0.766. The van der Waals surface area contributed by atoms with Crippen molar-refractivity contribution in [2.75, 3.05) is 18.0 Å². The summed E-state index contributed by atoms with van der Waals surface area (Å²) >= 11 is 11.0. The summed E-state index contributed by atoms with van der Waals surface area (Å²) in [7, 11) is 0. The molecule has 3 N–H and O–H groups in total. The third-order valence-electron chi connectivity index (χ3n) is 3.04. The minimum atomic E-state index is -0.617. The Morgan fingerprint density at radius 3 is 2.76 bits per heavy atom. The van der Waals surface area contributed by atoms with E-state index in [1.165, 1.54) is 0 Å². The minimum Gasteiger partial charge on any atom is -0.389 e. The molecular formula is C12H15ClN2OS. The fourth-order valence-corrected chi connectivity index (χ4v) is 2.58. The lowest BCUT2D eigenvalue weighted by molar-refractivity contribution is 0.0839. The molecule has 0 amide bonds.